The summed E-state index contributed by atoms with van der Waals surface area (Å²) in [5.41, 5.74) is 0. The Hall–Kier alpha value is -1.18. The van der Waals surface area contributed by atoms with Crippen LogP contribution < -0.4 is 4.72 Å². The molecule has 84 valence electrons. The van der Waals surface area contributed by atoms with Crippen LogP contribution >= 0.6 is 22.9 Å². The minimum Gasteiger partial charge on any atom is -0.263 e. The minimum absolute atomic E-state index is 0.00798. The molecule has 0 amide bonds. The predicted molar refractivity (Wildman–Crippen MR) is 62.2 cm³/mol. The number of rotatable bonds is 3. The second-order valence-electron chi connectivity index (χ2n) is 2.75. The third-order valence-corrected chi connectivity index (χ3v) is 4.56. The smallest absolute Gasteiger partial charge is 0.263 e. The average Bonchev–Trinajstić information content (AvgIpc) is 2.69. The van der Waals surface area contributed by atoms with Gasteiger partial charge in [0.15, 0.2) is 0 Å². The fourth-order valence-corrected chi connectivity index (χ4v) is 3.14. The van der Waals surface area contributed by atoms with Gasteiger partial charge < -0.3 is 0 Å². The van der Waals surface area contributed by atoms with E-state index in [0.717, 1.165) is 11.3 Å². The van der Waals surface area contributed by atoms with Crippen molar-refractivity contribution < 1.29 is 8.42 Å². The second kappa shape index (κ2) is 4.36. The first-order chi connectivity index (χ1) is 7.58. The highest BCUT2D eigenvalue weighted by Crippen LogP contribution is 2.19. The van der Waals surface area contributed by atoms with E-state index in [1.165, 1.54) is 18.3 Å². The van der Waals surface area contributed by atoms with Crippen LogP contribution in [0.1, 0.15) is 0 Å². The molecule has 5 nitrogen and oxygen atoms in total. The van der Waals surface area contributed by atoms with E-state index in [-0.39, 0.29) is 15.3 Å². The zero-order valence-corrected chi connectivity index (χ0v) is 10.2. The van der Waals surface area contributed by atoms with Crippen LogP contribution in [0.3, 0.4) is 0 Å². The van der Waals surface area contributed by atoms with Gasteiger partial charge in [-0.3, -0.25) is 4.72 Å². The van der Waals surface area contributed by atoms with Crippen LogP contribution in [0.2, 0.25) is 5.28 Å². The third-order valence-electron chi connectivity index (χ3n) is 1.63. The Balaban J connectivity index is 2.29. The summed E-state index contributed by atoms with van der Waals surface area (Å²) in [6, 6.07) is 4.60. The standard InChI is InChI=1S/C8H6ClN3O2S2/c9-8-10-4-3-6(11-8)12-16(13,14)7-2-1-5-15-7/h1-5H,(H,10,11,12). The molecule has 2 heterocycles. The molecule has 0 saturated heterocycles. The van der Waals surface area contributed by atoms with Crippen LogP contribution in [0.25, 0.3) is 0 Å². The van der Waals surface area contributed by atoms with E-state index >= 15 is 0 Å². The number of halogens is 1. The Morgan fingerprint density at radius 2 is 2.19 bits per heavy atom. The molecule has 0 saturated carbocycles. The first kappa shape index (κ1) is 11.3. The Bertz CT molecular complexity index is 583. The van der Waals surface area contributed by atoms with Crippen molar-refractivity contribution in [2.75, 3.05) is 4.72 Å². The second-order valence-corrected chi connectivity index (χ2v) is 5.94. The molecule has 0 radical (unpaired) electrons. The maximum absolute atomic E-state index is 11.8. The van der Waals surface area contributed by atoms with Crippen molar-refractivity contribution in [3.8, 4) is 0 Å². The van der Waals surface area contributed by atoms with Crippen LogP contribution in [0.4, 0.5) is 5.82 Å². The van der Waals surface area contributed by atoms with E-state index in [0.29, 0.717) is 0 Å². The van der Waals surface area contributed by atoms with Crippen LogP contribution in [0.5, 0.6) is 0 Å². The highest BCUT2D eigenvalue weighted by Gasteiger charge is 2.15. The van der Waals surface area contributed by atoms with Gasteiger partial charge in [-0.25, -0.2) is 13.4 Å². The number of anilines is 1. The van der Waals surface area contributed by atoms with Gasteiger partial charge in [0, 0.05) is 6.20 Å². The number of nitrogens with zero attached hydrogens (tertiary/aromatic N) is 2. The molecule has 8 heteroatoms. The Morgan fingerprint density at radius 3 is 2.81 bits per heavy atom. The zero-order valence-electron chi connectivity index (χ0n) is 7.79. The van der Waals surface area contributed by atoms with Gasteiger partial charge in [0.2, 0.25) is 5.28 Å². The molecule has 0 bridgehead atoms. The summed E-state index contributed by atoms with van der Waals surface area (Å²) >= 11 is 6.67. The normalized spacial score (nSPS) is 11.3. The van der Waals surface area contributed by atoms with E-state index < -0.39 is 10.0 Å². The van der Waals surface area contributed by atoms with Gasteiger partial charge in [-0.15, -0.1) is 11.3 Å². The molecule has 0 unspecified atom stereocenters. The lowest BCUT2D eigenvalue weighted by atomic mass is 10.6. The predicted octanol–water partition coefficient (Wildman–Crippen LogP) is 1.99. The van der Waals surface area contributed by atoms with Gasteiger partial charge in [-0.2, -0.15) is 4.98 Å². The summed E-state index contributed by atoms with van der Waals surface area (Å²) in [6.45, 7) is 0. The molecule has 2 rings (SSSR count). The zero-order chi connectivity index (χ0) is 11.6. The molecule has 16 heavy (non-hydrogen) atoms. The molecule has 2 aromatic heterocycles. The Morgan fingerprint density at radius 1 is 1.38 bits per heavy atom. The van der Waals surface area contributed by atoms with Crippen molar-refractivity contribution in [1.82, 2.24) is 9.97 Å². The van der Waals surface area contributed by atoms with Gasteiger partial charge in [-0.1, -0.05) is 6.07 Å². The molecule has 0 atom stereocenters. The first-order valence-corrected chi connectivity index (χ1v) is 6.87. The van der Waals surface area contributed by atoms with E-state index in [1.807, 2.05) is 0 Å². The lowest BCUT2D eigenvalue weighted by Gasteiger charge is -2.04. The largest absolute Gasteiger partial charge is 0.272 e. The van der Waals surface area contributed by atoms with Gasteiger partial charge in [0.1, 0.15) is 10.0 Å². The summed E-state index contributed by atoms with van der Waals surface area (Å²) in [7, 11) is -3.57. The molecular formula is C8H6ClN3O2S2. The van der Waals surface area contributed by atoms with Crippen LogP contribution in [-0.4, -0.2) is 18.4 Å². The van der Waals surface area contributed by atoms with Crippen molar-refractivity contribution in [3.63, 3.8) is 0 Å². The lowest BCUT2D eigenvalue weighted by molar-refractivity contribution is 0.603. The molecule has 0 aliphatic heterocycles. The average molecular weight is 276 g/mol. The number of sulfonamides is 1. The molecule has 0 aromatic carbocycles. The summed E-state index contributed by atoms with van der Waals surface area (Å²) < 4.78 is 26.1. The van der Waals surface area contributed by atoms with Crippen LogP contribution in [0.15, 0.2) is 34.0 Å². The molecule has 0 aliphatic carbocycles. The van der Waals surface area contributed by atoms with Gasteiger partial charge in [0.25, 0.3) is 10.0 Å². The first-order valence-electron chi connectivity index (χ1n) is 4.13. The summed E-state index contributed by atoms with van der Waals surface area (Å²) in [5, 5.41) is 1.67. The Kier molecular flexibility index (Phi) is 3.08. The minimum atomic E-state index is -3.57. The van der Waals surface area contributed by atoms with Crippen LogP contribution in [-0.2, 0) is 10.0 Å². The molecule has 0 aliphatic rings. The number of nitrogens with one attached hydrogen (secondary N) is 1. The lowest BCUT2D eigenvalue weighted by Crippen LogP contribution is -2.12. The summed E-state index contributed by atoms with van der Waals surface area (Å²) in [5.74, 6) is 0.147. The highest BCUT2D eigenvalue weighted by atomic mass is 35.5. The number of thiophene rings is 1. The summed E-state index contributed by atoms with van der Waals surface area (Å²) in [4.78, 5) is 7.39. The number of aromatic nitrogens is 2. The molecule has 1 N–H and O–H groups in total. The van der Waals surface area contributed by atoms with Gasteiger partial charge in [0.05, 0.1) is 0 Å². The third kappa shape index (κ3) is 2.49. The van der Waals surface area contributed by atoms with Crippen molar-refractivity contribution in [2.45, 2.75) is 4.21 Å². The van der Waals surface area contributed by atoms with Crippen molar-refractivity contribution >= 4 is 38.8 Å². The van der Waals surface area contributed by atoms with E-state index in [9.17, 15) is 8.42 Å². The maximum Gasteiger partial charge on any atom is 0.272 e. The summed E-state index contributed by atoms with van der Waals surface area (Å²) in [6.07, 6.45) is 1.38. The molecular weight excluding hydrogens is 270 g/mol. The monoisotopic (exact) mass is 275 g/mol. The van der Waals surface area contributed by atoms with Gasteiger partial charge >= 0.3 is 0 Å². The van der Waals surface area contributed by atoms with E-state index in [1.54, 1.807) is 11.4 Å². The maximum atomic E-state index is 11.8. The van der Waals surface area contributed by atoms with Crippen molar-refractivity contribution in [1.29, 1.82) is 0 Å². The van der Waals surface area contributed by atoms with E-state index in [4.69, 9.17) is 11.6 Å². The number of hydrogen-bond acceptors (Lipinski definition) is 5. The van der Waals surface area contributed by atoms with Crippen molar-refractivity contribution in [3.05, 3.63) is 35.1 Å². The quantitative estimate of drug-likeness (QED) is 0.870. The molecule has 0 fully saturated rings. The topological polar surface area (TPSA) is 72.0 Å². The van der Waals surface area contributed by atoms with Gasteiger partial charge in [-0.05, 0) is 29.1 Å². The molecule has 2 aromatic rings. The fourth-order valence-electron chi connectivity index (χ4n) is 0.996. The fraction of sp³-hybridized carbons (Fsp3) is 0. The van der Waals surface area contributed by atoms with Crippen LogP contribution in [0, 0.1) is 0 Å². The number of hydrogen-bond donors (Lipinski definition) is 1. The van der Waals surface area contributed by atoms with Crippen molar-refractivity contribution in [2.24, 2.45) is 0 Å². The molecule has 0 spiro atoms. The Labute approximate surface area is 101 Å². The van der Waals surface area contributed by atoms with E-state index in [2.05, 4.69) is 14.7 Å². The highest BCUT2D eigenvalue weighted by molar-refractivity contribution is 7.94. The SMILES string of the molecule is O=S(=O)(Nc1ccnc(Cl)n1)c1cccs1.